The number of likely N-dealkylation sites (tertiary alicyclic amines) is 1. The zero-order chi connectivity index (χ0) is 26.3. The van der Waals surface area contributed by atoms with Crippen LogP contribution in [-0.4, -0.2) is 43.2 Å². The van der Waals surface area contributed by atoms with Gasteiger partial charge in [0.15, 0.2) is 5.82 Å². The summed E-state index contributed by atoms with van der Waals surface area (Å²) in [6.07, 6.45) is 8.67. The molecule has 0 radical (unpaired) electrons. The zero-order valence-electron chi connectivity index (χ0n) is 22.2. The topological polar surface area (TPSA) is 79.7 Å². The van der Waals surface area contributed by atoms with Crippen molar-refractivity contribution in [3.8, 4) is 0 Å². The maximum Gasteiger partial charge on any atom is 0.253 e. The molecule has 38 heavy (non-hydrogen) atoms. The fourth-order valence-corrected chi connectivity index (χ4v) is 6.87. The lowest BCUT2D eigenvalue weighted by Crippen LogP contribution is -2.47. The number of halogens is 1. The van der Waals surface area contributed by atoms with Crippen LogP contribution in [0.2, 0.25) is 0 Å². The highest BCUT2D eigenvalue weighted by atomic mass is 19.1. The Morgan fingerprint density at radius 2 is 1.79 bits per heavy atom. The van der Waals surface area contributed by atoms with Crippen LogP contribution < -0.4 is 5.56 Å². The van der Waals surface area contributed by atoms with E-state index in [-0.39, 0.29) is 17.4 Å². The van der Waals surface area contributed by atoms with E-state index >= 15 is 0 Å². The van der Waals surface area contributed by atoms with Gasteiger partial charge in [-0.25, -0.2) is 9.07 Å². The highest BCUT2D eigenvalue weighted by Gasteiger charge is 2.41. The van der Waals surface area contributed by atoms with Gasteiger partial charge in [0, 0.05) is 12.1 Å². The monoisotopic (exact) mass is 514 g/mol. The minimum Gasteiger partial charge on any atom is -0.321 e. The molecule has 1 N–H and O–H groups in total. The fraction of sp³-hybridized carbons (Fsp3) is 0.467. The maximum atomic E-state index is 13.7. The Kier molecular flexibility index (Phi) is 6.60. The lowest BCUT2D eigenvalue weighted by atomic mass is 9.69. The third-order valence-corrected chi connectivity index (χ3v) is 8.64. The summed E-state index contributed by atoms with van der Waals surface area (Å²) in [6.45, 7) is 6.34. The first-order chi connectivity index (χ1) is 18.4. The molecule has 6 rings (SSSR count). The molecule has 0 amide bonds. The number of pyridine rings is 1. The van der Waals surface area contributed by atoms with Crippen molar-refractivity contribution in [2.24, 2.45) is 5.41 Å². The van der Waals surface area contributed by atoms with E-state index in [4.69, 9.17) is 0 Å². The van der Waals surface area contributed by atoms with E-state index in [1.165, 1.54) is 50.7 Å². The zero-order valence-corrected chi connectivity index (χ0v) is 22.2. The molecule has 1 saturated carbocycles. The summed E-state index contributed by atoms with van der Waals surface area (Å²) < 4.78 is 15.3. The third-order valence-electron chi connectivity index (χ3n) is 8.64. The molecule has 1 atom stereocenters. The predicted molar refractivity (Wildman–Crippen MR) is 146 cm³/mol. The predicted octanol–water partition coefficient (Wildman–Crippen LogP) is 5.45. The van der Waals surface area contributed by atoms with Gasteiger partial charge in [-0.3, -0.25) is 9.69 Å². The number of aromatic amines is 1. The van der Waals surface area contributed by atoms with Gasteiger partial charge in [0.2, 0.25) is 0 Å². The average molecular weight is 515 g/mol. The Balaban J connectivity index is 1.47. The molecule has 2 aromatic heterocycles. The van der Waals surface area contributed by atoms with Gasteiger partial charge in [0.25, 0.3) is 5.56 Å². The van der Waals surface area contributed by atoms with Crippen molar-refractivity contribution >= 4 is 10.9 Å². The first-order valence-corrected chi connectivity index (χ1v) is 13.8. The average Bonchev–Trinajstić information content (AvgIpc) is 3.34. The number of benzene rings is 2. The van der Waals surface area contributed by atoms with Crippen LogP contribution in [0.3, 0.4) is 0 Å². The van der Waals surface area contributed by atoms with Crippen LogP contribution >= 0.6 is 0 Å². The Labute approximate surface area is 222 Å². The Bertz CT molecular complexity index is 1500. The first kappa shape index (κ1) is 24.9. The van der Waals surface area contributed by atoms with Gasteiger partial charge < -0.3 is 4.98 Å². The Hall–Kier alpha value is -3.39. The highest BCUT2D eigenvalue weighted by molar-refractivity contribution is 5.83. The van der Waals surface area contributed by atoms with E-state index in [0.717, 1.165) is 47.1 Å². The second-order valence-corrected chi connectivity index (χ2v) is 11.5. The molecule has 3 heterocycles. The van der Waals surface area contributed by atoms with E-state index in [1.807, 2.05) is 13.0 Å². The maximum absolute atomic E-state index is 13.7. The van der Waals surface area contributed by atoms with E-state index in [9.17, 15) is 9.18 Å². The standard InChI is InChI=1S/C30H35FN6O/c1-20-15-21(2)26-23(16-20)17-25(29(38)32-26)27(36-14-6-13-30(19-36)11-4-3-5-12-30)28-33-34-35-37(28)18-22-7-9-24(31)10-8-22/h7-10,15-17,27H,3-6,11-14,18-19H2,1-2H3,(H,32,38)/t27-/m0/s1. The molecule has 1 spiro atoms. The Morgan fingerprint density at radius 1 is 1.03 bits per heavy atom. The number of aryl methyl sites for hydroxylation is 2. The van der Waals surface area contributed by atoms with Gasteiger partial charge in [0.1, 0.15) is 11.9 Å². The smallest absolute Gasteiger partial charge is 0.253 e. The van der Waals surface area contributed by atoms with Crippen LogP contribution in [0.25, 0.3) is 10.9 Å². The molecule has 198 valence electrons. The van der Waals surface area contributed by atoms with E-state index < -0.39 is 0 Å². The largest absolute Gasteiger partial charge is 0.321 e. The van der Waals surface area contributed by atoms with E-state index in [2.05, 4.69) is 44.5 Å². The summed E-state index contributed by atoms with van der Waals surface area (Å²) in [4.78, 5) is 19.3. The van der Waals surface area contributed by atoms with Gasteiger partial charge in [-0.2, -0.15) is 0 Å². The lowest BCUT2D eigenvalue weighted by molar-refractivity contribution is 0.0340. The molecular weight excluding hydrogens is 479 g/mol. The molecule has 4 aromatic rings. The number of aromatic nitrogens is 5. The molecule has 1 aliphatic carbocycles. The summed E-state index contributed by atoms with van der Waals surface area (Å²) in [5.41, 5.74) is 4.85. The van der Waals surface area contributed by atoms with Gasteiger partial charge >= 0.3 is 0 Å². The molecular formula is C30H35FN6O. The number of nitrogens with one attached hydrogen (secondary N) is 1. The van der Waals surface area contributed by atoms with Crippen LogP contribution in [0.5, 0.6) is 0 Å². The quantitative estimate of drug-likeness (QED) is 0.383. The van der Waals surface area contributed by atoms with Crippen molar-refractivity contribution in [3.63, 3.8) is 0 Å². The summed E-state index contributed by atoms with van der Waals surface area (Å²) in [5.74, 6) is 0.374. The molecule has 2 fully saturated rings. The van der Waals surface area contributed by atoms with Crippen LogP contribution in [0, 0.1) is 25.1 Å². The minimum absolute atomic E-state index is 0.103. The van der Waals surface area contributed by atoms with Crippen LogP contribution in [-0.2, 0) is 6.54 Å². The highest BCUT2D eigenvalue weighted by Crippen LogP contribution is 2.45. The van der Waals surface area contributed by atoms with E-state index in [0.29, 0.717) is 23.3 Å². The van der Waals surface area contributed by atoms with Crippen molar-refractivity contribution in [2.45, 2.75) is 71.4 Å². The number of tetrazole rings is 1. The molecule has 0 unspecified atom stereocenters. The van der Waals surface area contributed by atoms with Gasteiger partial charge in [-0.05, 0) is 103 Å². The number of fused-ring (bicyclic) bond motifs is 1. The normalized spacial score (nSPS) is 18.7. The lowest BCUT2D eigenvalue weighted by Gasteiger charge is -2.47. The molecule has 8 heteroatoms. The molecule has 1 saturated heterocycles. The number of H-pyrrole nitrogens is 1. The second kappa shape index (κ2) is 10.1. The van der Waals surface area contributed by atoms with Gasteiger partial charge in [0.05, 0.1) is 12.1 Å². The summed E-state index contributed by atoms with van der Waals surface area (Å²) in [5, 5.41) is 13.9. The van der Waals surface area contributed by atoms with Crippen LogP contribution in [0.1, 0.15) is 79.1 Å². The number of hydrogen-bond donors (Lipinski definition) is 1. The van der Waals surface area contributed by atoms with Gasteiger partial charge in [-0.1, -0.05) is 43.0 Å². The molecule has 0 bridgehead atoms. The van der Waals surface area contributed by atoms with E-state index in [1.54, 1.807) is 16.8 Å². The Morgan fingerprint density at radius 3 is 2.58 bits per heavy atom. The number of hydrogen-bond acceptors (Lipinski definition) is 5. The molecule has 2 aliphatic rings. The third kappa shape index (κ3) is 4.77. The SMILES string of the molecule is Cc1cc(C)c2[nH]c(=O)c([C@@H](c3nnnn3Cc3ccc(F)cc3)N3CCCC4(CCCCC4)C3)cc2c1. The van der Waals surface area contributed by atoms with Crippen molar-refractivity contribution < 1.29 is 4.39 Å². The number of rotatable bonds is 5. The molecule has 7 nitrogen and oxygen atoms in total. The first-order valence-electron chi connectivity index (χ1n) is 13.8. The summed E-state index contributed by atoms with van der Waals surface area (Å²) in [6, 6.07) is 12.3. The van der Waals surface area contributed by atoms with Crippen molar-refractivity contribution in [1.82, 2.24) is 30.1 Å². The summed E-state index contributed by atoms with van der Waals surface area (Å²) >= 11 is 0. The fourth-order valence-electron chi connectivity index (χ4n) is 6.87. The van der Waals surface area contributed by atoms with Crippen LogP contribution in [0.4, 0.5) is 4.39 Å². The second-order valence-electron chi connectivity index (χ2n) is 11.5. The number of nitrogens with zero attached hydrogens (tertiary/aromatic N) is 5. The van der Waals surface area contributed by atoms with Crippen LogP contribution in [0.15, 0.2) is 47.3 Å². The summed E-state index contributed by atoms with van der Waals surface area (Å²) in [7, 11) is 0. The van der Waals surface area contributed by atoms with Crippen molar-refractivity contribution in [2.75, 3.05) is 13.1 Å². The number of piperidine rings is 1. The van der Waals surface area contributed by atoms with Gasteiger partial charge in [-0.15, -0.1) is 5.10 Å². The van der Waals surface area contributed by atoms with Crippen molar-refractivity contribution in [3.05, 3.63) is 86.7 Å². The minimum atomic E-state index is -0.376. The molecule has 1 aliphatic heterocycles. The van der Waals surface area contributed by atoms with Crippen molar-refractivity contribution in [1.29, 1.82) is 0 Å². The molecule has 2 aromatic carbocycles.